The summed E-state index contributed by atoms with van der Waals surface area (Å²) in [5.74, 6) is 0.0927. The van der Waals surface area contributed by atoms with E-state index in [0.717, 1.165) is 11.1 Å². The number of carbonyl (C=O) groups is 1. The van der Waals surface area contributed by atoms with Crippen molar-refractivity contribution in [1.82, 2.24) is 10.2 Å². The first-order valence-corrected chi connectivity index (χ1v) is 11.6. The molecule has 3 rings (SSSR count). The second-order valence-corrected chi connectivity index (χ2v) is 9.88. The standard InChI is InChI=1S/C21H25ClN2O3S/c1-16(18-7-9-19(22)10-8-18)23-13-21(25)24(14-17-5-3-2-4-6-17)20-11-12-28(26,27)15-20/h2-10,16,20,23H,11-15H2,1H3/t16-,20+/m0/s1. The highest BCUT2D eigenvalue weighted by molar-refractivity contribution is 7.91. The summed E-state index contributed by atoms with van der Waals surface area (Å²) in [7, 11) is -3.07. The number of amides is 1. The Bertz CT molecular complexity index is 901. The molecule has 0 spiro atoms. The number of halogens is 1. The normalized spacial score (nSPS) is 19.3. The van der Waals surface area contributed by atoms with Crippen LogP contribution in [0.3, 0.4) is 0 Å². The van der Waals surface area contributed by atoms with E-state index in [0.29, 0.717) is 18.0 Å². The second kappa shape index (κ2) is 9.07. The maximum absolute atomic E-state index is 13.0. The molecule has 1 amide bonds. The van der Waals surface area contributed by atoms with E-state index in [-0.39, 0.29) is 36.0 Å². The topological polar surface area (TPSA) is 66.5 Å². The number of carbonyl (C=O) groups excluding carboxylic acids is 1. The molecule has 28 heavy (non-hydrogen) atoms. The van der Waals surface area contributed by atoms with Crippen LogP contribution in [0.5, 0.6) is 0 Å². The summed E-state index contributed by atoms with van der Waals surface area (Å²) in [5.41, 5.74) is 2.03. The third-order valence-corrected chi connectivity index (χ3v) is 7.10. The average molecular weight is 421 g/mol. The van der Waals surface area contributed by atoms with E-state index in [4.69, 9.17) is 11.6 Å². The first-order chi connectivity index (χ1) is 13.3. The zero-order chi connectivity index (χ0) is 20.1. The van der Waals surface area contributed by atoms with Crippen LogP contribution in [-0.2, 0) is 21.2 Å². The van der Waals surface area contributed by atoms with Crippen LogP contribution in [0.1, 0.15) is 30.5 Å². The predicted molar refractivity (Wildman–Crippen MR) is 112 cm³/mol. The first-order valence-electron chi connectivity index (χ1n) is 9.37. The fraction of sp³-hybridized carbons (Fsp3) is 0.381. The molecule has 0 aromatic heterocycles. The van der Waals surface area contributed by atoms with E-state index >= 15 is 0 Å². The molecule has 1 aliphatic rings. The van der Waals surface area contributed by atoms with Crippen LogP contribution in [0.2, 0.25) is 5.02 Å². The Balaban J connectivity index is 1.68. The van der Waals surface area contributed by atoms with Crippen molar-refractivity contribution in [2.45, 2.75) is 32.0 Å². The van der Waals surface area contributed by atoms with E-state index in [1.165, 1.54) is 0 Å². The van der Waals surface area contributed by atoms with Gasteiger partial charge in [0, 0.05) is 23.7 Å². The van der Waals surface area contributed by atoms with Gasteiger partial charge in [0.15, 0.2) is 9.84 Å². The van der Waals surface area contributed by atoms with Crippen molar-refractivity contribution in [1.29, 1.82) is 0 Å². The Morgan fingerprint density at radius 2 is 1.86 bits per heavy atom. The molecule has 1 saturated heterocycles. The van der Waals surface area contributed by atoms with Crippen LogP contribution in [0.4, 0.5) is 0 Å². The summed E-state index contributed by atoms with van der Waals surface area (Å²) in [4.78, 5) is 14.7. The summed E-state index contributed by atoms with van der Waals surface area (Å²) in [5, 5.41) is 3.91. The molecule has 2 aromatic rings. The van der Waals surface area contributed by atoms with Crippen LogP contribution in [0, 0.1) is 0 Å². The molecule has 0 bridgehead atoms. The smallest absolute Gasteiger partial charge is 0.237 e. The highest BCUT2D eigenvalue weighted by Crippen LogP contribution is 2.21. The van der Waals surface area contributed by atoms with Gasteiger partial charge in [-0.1, -0.05) is 54.1 Å². The van der Waals surface area contributed by atoms with E-state index in [9.17, 15) is 13.2 Å². The molecule has 1 heterocycles. The number of sulfone groups is 1. The molecule has 0 aliphatic carbocycles. The summed E-state index contributed by atoms with van der Waals surface area (Å²) < 4.78 is 23.9. The molecule has 5 nitrogen and oxygen atoms in total. The third kappa shape index (κ3) is 5.56. The van der Waals surface area contributed by atoms with Gasteiger partial charge in [-0.25, -0.2) is 8.42 Å². The fourth-order valence-electron chi connectivity index (χ4n) is 3.43. The summed E-state index contributed by atoms with van der Waals surface area (Å²) in [6, 6.07) is 16.9. The van der Waals surface area contributed by atoms with E-state index in [2.05, 4.69) is 5.32 Å². The second-order valence-electron chi connectivity index (χ2n) is 7.22. The molecule has 7 heteroatoms. The van der Waals surface area contributed by atoms with Gasteiger partial charge < -0.3 is 10.2 Å². The van der Waals surface area contributed by atoms with E-state index in [1.54, 1.807) is 4.90 Å². The van der Waals surface area contributed by atoms with Gasteiger partial charge in [-0.05, 0) is 36.6 Å². The SMILES string of the molecule is C[C@H](NCC(=O)N(Cc1ccccc1)[C@@H]1CCS(=O)(=O)C1)c1ccc(Cl)cc1. The Morgan fingerprint density at radius 1 is 1.18 bits per heavy atom. The molecule has 0 saturated carbocycles. The molecule has 1 aliphatic heterocycles. The van der Waals surface area contributed by atoms with Crippen molar-refractivity contribution in [3.63, 3.8) is 0 Å². The van der Waals surface area contributed by atoms with Gasteiger partial charge in [0.1, 0.15) is 0 Å². The number of rotatable bonds is 7. The third-order valence-electron chi connectivity index (χ3n) is 5.09. The van der Waals surface area contributed by atoms with Crippen molar-refractivity contribution < 1.29 is 13.2 Å². The minimum absolute atomic E-state index is 0.0212. The molecule has 1 fully saturated rings. The summed E-state index contributed by atoms with van der Waals surface area (Å²) in [6.45, 7) is 2.54. The Kier molecular flexibility index (Phi) is 6.75. The number of hydrogen-bond donors (Lipinski definition) is 1. The lowest BCUT2D eigenvalue weighted by molar-refractivity contribution is -0.132. The minimum Gasteiger partial charge on any atom is -0.333 e. The Hall–Kier alpha value is -1.89. The van der Waals surface area contributed by atoms with Crippen molar-refractivity contribution in [3.8, 4) is 0 Å². The minimum atomic E-state index is -3.07. The van der Waals surface area contributed by atoms with Gasteiger partial charge >= 0.3 is 0 Å². The molecule has 2 aromatic carbocycles. The van der Waals surface area contributed by atoms with E-state index in [1.807, 2.05) is 61.5 Å². The number of benzene rings is 2. The quantitative estimate of drug-likeness (QED) is 0.746. The van der Waals surface area contributed by atoms with Crippen molar-refractivity contribution in [3.05, 3.63) is 70.7 Å². The zero-order valence-corrected chi connectivity index (χ0v) is 17.4. The number of nitrogens with zero attached hydrogens (tertiary/aromatic N) is 1. The van der Waals surface area contributed by atoms with Gasteiger partial charge in [-0.3, -0.25) is 4.79 Å². The molecule has 150 valence electrons. The highest BCUT2D eigenvalue weighted by atomic mass is 35.5. The largest absolute Gasteiger partial charge is 0.333 e. The summed E-state index contributed by atoms with van der Waals surface area (Å²) >= 11 is 5.93. The first kappa shape index (κ1) is 20.8. The van der Waals surface area contributed by atoms with Gasteiger partial charge in [0.05, 0.1) is 18.1 Å². The Morgan fingerprint density at radius 3 is 2.46 bits per heavy atom. The molecular weight excluding hydrogens is 396 g/mol. The van der Waals surface area contributed by atoms with Crippen molar-refractivity contribution in [2.24, 2.45) is 0 Å². The van der Waals surface area contributed by atoms with Crippen LogP contribution in [0.25, 0.3) is 0 Å². The van der Waals surface area contributed by atoms with Crippen LogP contribution < -0.4 is 5.32 Å². The molecule has 0 unspecified atom stereocenters. The van der Waals surface area contributed by atoms with Crippen molar-refractivity contribution in [2.75, 3.05) is 18.1 Å². The average Bonchev–Trinajstić information content (AvgIpc) is 3.04. The number of nitrogens with one attached hydrogen (secondary N) is 1. The lowest BCUT2D eigenvalue weighted by Crippen LogP contribution is -2.45. The number of hydrogen-bond acceptors (Lipinski definition) is 4. The van der Waals surface area contributed by atoms with Gasteiger partial charge in [-0.15, -0.1) is 0 Å². The zero-order valence-electron chi connectivity index (χ0n) is 15.8. The van der Waals surface area contributed by atoms with E-state index < -0.39 is 9.84 Å². The predicted octanol–water partition coefficient (Wildman–Crippen LogP) is 3.21. The van der Waals surface area contributed by atoms with Crippen molar-refractivity contribution >= 4 is 27.3 Å². The lowest BCUT2D eigenvalue weighted by Gasteiger charge is -2.29. The molecular formula is C21H25ClN2O3S. The fourth-order valence-corrected chi connectivity index (χ4v) is 5.29. The molecule has 0 radical (unpaired) electrons. The Labute approximate surface area is 171 Å². The van der Waals surface area contributed by atoms with Crippen LogP contribution >= 0.6 is 11.6 Å². The molecule has 1 N–H and O–H groups in total. The monoisotopic (exact) mass is 420 g/mol. The van der Waals surface area contributed by atoms with Gasteiger partial charge in [0.25, 0.3) is 0 Å². The lowest BCUT2D eigenvalue weighted by atomic mass is 10.1. The maximum Gasteiger partial charge on any atom is 0.237 e. The molecule has 2 atom stereocenters. The van der Waals surface area contributed by atoms with Crippen LogP contribution in [0.15, 0.2) is 54.6 Å². The maximum atomic E-state index is 13.0. The van der Waals surface area contributed by atoms with Crippen LogP contribution in [-0.4, -0.2) is 43.3 Å². The van der Waals surface area contributed by atoms with Gasteiger partial charge in [-0.2, -0.15) is 0 Å². The highest BCUT2D eigenvalue weighted by Gasteiger charge is 2.34. The van der Waals surface area contributed by atoms with Gasteiger partial charge in [0.2, 0.25) is 5.91 Å². The summed E-state index contributed by atoms with van der Waals surface area (Å²) in [6.07, 6.45) is 0.494.